The number of carbonyl (C=O) groups excluding carboxylic acids is 1. The van der Waals surface area contributed by atoms with Crippen molar-refractivity contribution in [1.29, 1.82) is 0 Å². The number of rotatable bonds is 6. The lowest BCUT2D eigenvalue weighted by Gasteiger charge is -2.28. The molecule has 25 heavy (non-hydrogen) atoms. The lowest BCUT2D eigenvalue weighted by Crippen LogP contribution is -2.39. The second-order valence-electron chi connectivity index (χ2n) is 6.35. The standard InChI is InChI=1S/C19H19ClF2N2O/c1-24(11-15-16(20)3-2-4-17(15)22)18(19(25)23-14-9-10-14)12-5-7-13(21)8-6-12/h2-8,14,18H,9-11H2,1H3,(H,23,25). The molecule has 0 radical (unpaired) electrons. The Morgan fingerprint density at radius 2 is 1.92 bits per heavy atom. The first-order valence-corrected chi connectivity index (χ1v) is 8.52. The summed E-state index contributed by atoms with van der Waals surface area (Å²) in [5.74, 6) is -0.964. The predicted octanol–water partition coefficient (Wildman–Crippen LogP) is 4.07. The zero-order valence-corrected chi connectivity index (χ0v) is 14.6. The van der Waals surface area contributed by atoms with Crippen LogP contribution in [0.4, 0.5) is 8.78 Å². The minimum atomic E-state index is -0.656. The van der Waals surface area contributed by atoms with Crippen LogP contribution < -0.4 is 5.32 Å². The van der Waals surface area contributed by atoms with Crippen molar-refractivity contribution in [2.45, 2.75) is 31.5 Å². The van der Waals surface area contributed by atoms with Crippen molar-refractivity contribution >= 4 is 17.5 Å². The predicted molar refractivity (Wildman–Crippen MR) is 93.2 cm³/mol. The molecule has 1 atom stereocenters. The molecule has 0 saturated heterocycles. The topological polar surface area (TPSA) is 32.3 Å². The van der Waals surface area contributed by atoms with Crippen LogP contribution in [0.2, 0.25) is 5.02 Å². The monoisotopic (exact) mass is 364 g/mol. The Labute approximate surface area is 150 Å². The normalized spacial score (nSPS) is 15.2. The number of amides is 1. The number of nitrogens with zero attached hydrogens (tertiary/aromatic N) is 1. The van der Waals surface area contributed by atoms with Crippen LogP contribution in [0.3, 0.4) is 0 Å². The first-order valence-electron chi connectivity index (χ1n) is 8.14. The molecule has 0 spiro atoms. The summed E-state index contributed by atoms with van der Waals surface area (Å²) < 4.78 is 27.3. The second-order valence-corrected chi connectivity index (χ2v) is 6.76. The Hall–Kier alpha value is -1.98. The molecular formula is C19H19ClF2N2O. The fourth-order valence-electron chi connectivity index (χ4n) is 2.78. The van der Waals surface area contributed by atoms with Gasteiger partial charge in [-0.05, 0) is 49.7 Å². The number of nitrogens with one attached hydrogen (secondary N) is 1. The molecule has 2 aromatic carbocycles. The molecule has 3 nitrogen and oxygen atoms in total. The van der Waals surface area contributed by atoms with E-state index in [0.29, 0.717) is 16.1 Å². The molecule has 0 heterocycles. The molecule has 132 valence electrons. The first-order chi connectivity index (χ1) is 12.0. The highest BCUT2D eigenvalue weighted by atomic mass is 35.5. The van der Waals surface area contributed by atoms with Gasteiger partial charge >= 0.3 is 0 Å². The highest BCUT2D eigenvalue weighted by Gasteiger charge is 2.31. The zero-order valence-electron chi connectivity index (χ0n) is 13.8. The van der Waals surface area contributed by atoms with Gasteiger partial charge in [0.05, 0.1) is 0 Å². The molecule has 2 aromatic rings. The Morgan fingerprint density at radius 1 is 1.24 bits per heavy atom. The van der Waals surface area contributed by atoms with E-state index in [2.05, 4.69) is 5.32 Å². The number of hydrogen-bond donors (Lipinski definition) is 1. The Morgan fingerprint density at radius 3 is 2.52 bits per heavy atom. The molecule has 0 aliphatic heterocycles. The molecule has 1 unspecified atom stereocenters. The summed E-state index contributed by atoms with van der Waals surface area (Å²) in [6.07, 6.45) is 1.93. The summed E-state index contributed by atoms with van der Waals surface area (Å²) in [5.41, 5.74) is 0.979. The molecule has 1 N–H and O–H groups in total. The smallest absolute Gasteiger partial charge is 0.242 e. The number of hydrogen-bond acceptors (Lipinski definition) is 2. The van der Waals surface area contributed by atoms with E-state index >= 15 is 0 Å². The van der Waals surface area contributed by atoms with Crippen LogP contribution in [0.5, 0.6) is 0 Å². The van der Waals surface area contributed by atoms with Crippen molar-refractivity contribution in [2.24, 2.45) is 0 Å². The molecule has 1 aliphatic rings. The summed E-state index contributed by atoms with van der Waals surface area (Å²) in [6, 6.07) is 9.82. The maximum Gasteiger partial charge on any atom is 0.242 e. The minimum absolute atomic E-state index is 0.158. The van der Waals surface area contributed by atoms with Crippen molar-refractivity contribution < 1.29 is 13.6 Å². The van der Waals surface area contributed by atoms with E-state index in [0.717, 1.165) is 12.8 Å². The van der Waals surface area contributed by atoms with E-state index in [4.69, 9.17) is 11.6 Å². The third kappa shape index (κ3) is 4.35. The summed E-state index contributed by atoms with van der Waals surface area (Å²) in [7, 11) is 1.73. The van der Waals surface area contributed by atoms with Crippen LogP contribution in [-0.2, 0) is 11.3 Å². The van der Waals surface area contributed by atoms with E-state index in [1.165, 1.54) is 18.2 Å². The average Bonchev–Trinajstić information content (AvgIpc) is 3.37. The van der Waals surface area contributed by atoms with Gasteiger partial charge in [0.15, 0.2) is 0 Å². The van der Waals surface area contributed by atoms with Gasteiger partial charge in [0.2, 0.25) is 5.91 Å². The van der Waals surface area contributed by atoms with Crippen LogP contribution in [0.1, 0.15) is 30.0 Å². The van der Waals surface area contributed by atoms with Crippen LogP contribution in [0.25, 0.3) is 0 Å². The van der Waals surface area contributed by atoms with Gasteiger partial charge in [-0.15, -0.1) is 0 Å². The number of halogens is 3. The van der Waals surface area contributed by atoms with Gasteiger partial charge in [-0.25, -0.2) is 8.78 Å². The van der Waals surface area contributed by atoms with E-state index in [1.54, 1.807) is 36.2 Å². The SMILES string of the molecule is CN(Cc1c(F)cccc1Cl)C(C(=O)NC1CC1)c1ccc(F)cc1. The maximum absolute atomic E-state index is 14.1. The van der Waals surface area contributed by atoms with E-state index in [-0.39, 0.29) is 24.3 Å². The van der Waals surface area contributed by atoms with E-state index < -0.39 is 11.9 Å². The van der Waals surface area contributed by atoms with Gasteiger partial charge in [-0.1, -0.05) is 29.8 Å². The van der Waals surface area contributed by atoms with Crippen LogP contribution in [0.15, 0.2) is 42.5 Å². The van der Waals surface area contributed by atoms with Crippen molar-refractivity contribution in [2.75, 3.05) is 7.05 Å². The van der Waals surface area contributed by atoms with Gasteiger partial charge in [0, 0.05) is 23.2 Å². The Bertz CT molecular complexity index is 742. The van der Waals surface area contributed by atoms with Gasteiger partial charge in [0.1, 0.15) is 17.7 Å². The lowest BCUT2D eigenvalue weighted by molar-refractivity contribution is -0.126. The van der Waals surface area contributed by atoms with Crippen molar-refractivity contribution in [1.82, 2.24) is 10.2 Å². The summed E-state index contributed by atoms with van der Waals surface area (Å²) >= 11 is 6.10. The molecule has 0 aromatic heterocycles. The third-order valence-corrected chi connectivity index (χ3v) is 4.62. The summed E-state index contributed by atoms with van der Waals surface area (Å²) in [5, 5.41) is 3.27. The highest BCUT2D eigenvalue weighted by molar-refractivity contribution is 6.31. The van der Waals surface area contributed by atoms with Gasteiger partial charge < -0.3 is 5.32 Å². The Kier molecular flexibility index (Phi) is 5.35. The maximum atomic E-state index is 14.1. The zero-order chi connectivity index (χ0) is 18.0. The largest absolute Gasteiger partial charge is 0.352 e. The molecule has 6 heteroatoms. The summed E-state index contributed by atoms with van der Waals surface area (Å²) in [6.45, 7) is 0.158. The van der Waals surface area contributed by atoms with Crippen molar-refractivity contribution in [3.63, 3.8) is 0 Å². The van der Waals surface area contributed by atoms with Gasteiger partial charge in [-0.2, -0.15) is 0 Å². The number of benzene rings is 2. The van der Waals surface area contributed by atoms with Crippen molar-refractivity contribution in [3.8, 4) is 0 Å². The molecular weight excluding hydrogens is 346 g/mol. The molecule has 1 fully saturated rings. The molecule has 1 saturated carbocycles. The number of carbonyl (C=O) groups is 1. The lowest BCUT2D eigenvalue weighted by atomic mass is 10.0. The molecule has 3 rings (SSSR count). The minimum Gasteiger partial charge on any atom is -0.352 e. The number of likely N-dealkylation sites (N-methyl/N-ethyl adjacent to an activating group) is 1. The van der Waals surface area contributed by atoms with Gasteiger partial charge in [0.25, 0.3) is 0 Å². The molecule has 0 bridgehead atoms. The Balaban J connectivity index is 1.87. The van der Waals surface area contributed by atoms with Crippen molar-refractivity contribution in [3.05, 3.63) is 70.2 Å². The van der Waals surface area contributed by atoms with Crippen LogP contribution in [-0.4, -0.2) is 23.9 Å². The summed E-state index contributed by atoms with van der Waals surface area (Å²) in [4.78, 5) is 14.4. The van der Waals surface area contributed by atoms with E-state index in [1.807, 2.05) is 0 Å². The van der Waals surface area contributed by atoms with Gasteiger partial charge in [-0.3, -0.25) is 9.69 Å². The van der Waals surface area contributed by atoms with E-state index in [9.17, 15) is 13.6 Å². The first kappa shape index (κ1) is 17.8. The van der Waals surface area contributed by atoms with Crippen LogP contribution in [0, 0.1) is 11.6 Å². The van der Waals surface area contributed by atoms with Crippen LogP contribution >= 0.6 is 11.6 Å². The highest BCUT2D eigenvalue weighted by Crippen LogP contribution is 2.28. The average molecular weight is 365 g/mol. The fraction of sp³-hybridized carbons (Fsp3) is 0.316. The molecule has 1 amide bonds. The molecule has 1 aliphatic carbocycles. The second kappa shape index (κ2) is 7.50. The quantitative estimate of drug-likeness (QED) is 0.838. The fourth-order valence-corrected chi connectivity index (χ4v) is 3.01. The third-order valence-electron chi connectivity index (χ3n) is 4.27.